The Bertz CT molecular complexity index is 1410. The standard InChI is InChI=1S/C23H20N8O/c1-13-5-4-6-14(11-13)26-23-29-21(30-31-23)17-9-10-18(16-8-3-2-7-15(16)17)32-20-12-19(24)27-22(25)28-20/h2-12H,1H3,(H4,24,25,27,28)(H2,26,29,30,31). The number of aromatic amines is 1. The summed E-state index contributed by atoms with van der Waals surface area (Å²) in [6.07, 6.45) is 0. The number of nitrogen functional groups attached to an aromatic ring is 2. The Labute approximate surface area is 183 Å². The zero-order valence-corrected chi connectivity index (χ0v) is 17.2. The quantitative estimate of drug-likeness (QED) is 0.325. The van der Waals surface area contributed by atoms with E-state index in [1.54, 1.807) is 0 Å². The van der Waals surface area contributed by atoms with Crippen LogP contribution in [0.25, 0.3) is 22.2 Å². The predicted molar refractivity (Wildman–Crippen MR) is 125 cm³/mol. The number of rotatable bonds is 5. The molecular weight excluding hydrogens is 404 g/mol. The second-order valence-corrected chi connectivity index (χ2v) is 7.25. The van der Waals surface area contributed by atoms with Gasteiger partial charge in [-0.1, -0.05) is 36.4 Å². The van der Waals surface area contributed by atoms with Gasteiger partial charge in [0.05, 0.1) is 0 Å². The Kier molecular flexibility index (Phi) is 4.75. The molecule has 32 heavy (non-hydrogen) atoms. The number of nitrogens with zero attached hydrogens (tertiary/aromatic N) is 4. The smallest absolute Gasteiger partial charge is 0.246 e. The predicted octanol–water partition coefficient (Wildman–Crippen LogP) is 4.42. The van der Waals surface area contributed by atoms with E-state index in [-0.39, 0.29) is 17.6 Å². The van der Waals surface area contributed by atoms with E-state index in [4.69, 9.17) is 16.2 Å². The average molecular weight is 424 g/mol. The highest BCUT2D eigenvalue weighted by molar-refractivity contribution is 5.99. The number of hydrogen-bond acceptors (Lipinski definition) is 8. The molecule has 9 heteroatoms. The molecule has 0 bridgehead atoms. The number of nitrogens with one attached hydrogen (secondary N) is 2. The molecule has 0 saturated heterocycles. The molecule has 0 aliphatic carbocycles. The van der Waals surface area contributed by atoms with Crippen LogP contribution >= 0.6 is 0 Å². The van der Waals surface area contributed by atoms with Gasteiger partial charge < -0.3 is 21.5 Å². The van der Waals surface area contributed by atoms with E-state index in [0.29, 0.717) is 17.5 Å². The van der Waals surface area contributed by atoms with Crippen LogP contribution in [0.5, 0.6) is 11.6 Å². The molecule has 0 saturated carbocycles. The van der Waals surface area contributed by atoms with Crippen LogP contribution in [-0.4, -0.2) is 25.1 Å². The van der Waals surface area contributed by atoms with Gasteiger partial charge in [-0.05, 0) is 42.1 Å². The number of anilines is 4. The summed E-state index contributed by atoms with van der Waals surface area (Å²) in [5.74, 6) is 2.30. The highest BCUT2D eigenvalue weighted by Gasteiger charge is 2.14. The van der Waals surface area contributed by atoms with Gasteiger partial charge in [0.15, 0.2) is 5.82 Å². The average Bonchev–Trinajstić information content (AvgIpc) is 3.21. The van der Waals surface area contributed by atoms with Crippen LogP contribution < -0.4 is 21.5 Å². The van der Waals surface area contributed by atoms with Crippen LogP contribution in [-0.2, 0) is 0 Å². The lowest BCUT2D eigenvalue weighted by atomic mass is 10.0. The summed E-state index contributed by atoms with van der Waals surface area (Å²) in [5, 5.41) is 12.4. The molecule has 0 atom stereocenters. The minimum Gasteiger partial charge on any atom is -0.438 e. The van der Waals surface area contributed by atoms with Crippen molar-refractivity contribution < 1.29 is 4.74 Å². The fraction of sp³-hybridized carbons (Fsp3) is 0.0435. The Hall–Kier alpha value is -4.66. The van der Waals surface area contributed by atoms with Crippen molar-refractivity contribution in [3.63, 3.8) is 0 Å². The molecule has 6 N–H and O–H groups in total. The van der Waals surface area contributed by atoms with E-state index in [1.807, 2.05) is 67.6 Å². The largest absolute Gasteiger partial charge is 0.438 e. The molecule has 3 aromatic carbocycles. The minimum absolute atomic E-state index is 0.0521. The van der Waals surface area contributed by atoms with E-state index in [1.165, 1.54) is 6.07 Å². The van der Waals surface area contributed by atoms with Crippen molar-refractivity contribution in [1.82, 2.24) is 25.1 Å². The number of hydrogen-bond donors (Lipinski definition) is 4. The number of nitrogens with two attached hydrogens (primary N) is 2. The second kappa shape index (κ2) is 7.88. The van der Waals surface area contributed by atoms with Crippen molar-refractivity contribution in [2.45, 2.75) is 6.92 Å². The number of benzene rings is 3. The van der Waals surface area contributed by atoms with Gasteiger partial charge in [-0.2, -0.15) is 15.0 Å². The zero-order valence-electron chi connectivity index (χ0n) is 17.2. The van der Waals surface area contributed by atoms with E-state index in [0.717, 1.165) is 27.6 Å². The molecule has 0 spiro atoms. The number of H-pyrrole nitrogens is 1. The Morgan fingerprint density at radius 3 is 2.53 bits per heavy atom. The van der Waals surface area contributed by atoms with Crippen LogP contribution in [0.3, 0.4) is 0 Å². The lowest BCUT2D eigenvalue weighted by molar-refractivity contribution is 0.468. The molecule has 2 heterocycles. The van der Waals surface area contributed by atoms with E-state index < -0.39 is 0 Å². The SMILES string of the molecule is Cc1cccc(Nc2n[nH]c(-c3ccc(Oc4cc(N)nc(N)n4)c4ccccc34)n2)c1. The number of ether oxygens (including phenoxy) is 1. The fourth-order valence-electron chi connectivity index (χ4n) is 3.48. The van der Waals surface area contributed by atoms with Crippen molar-refractivity contribution in [2.75, 3.05) is 16.8 Å². The molecule has 0 amide bonds. The fourth-order valence-corrected chi connectivity index (χ4v) is 3.48. The molecule has 0 radical (unpaired) electrons. The monoisotopic (exact) mass is 424 g/mol. The van der Waals surface area contributed by atoms with Crippen molar-refractivity contribution in [3.8, 4) is 23.0 Å². The Morgan fingerprint density at radius 1 is 0.875 bits per heavy atom. The first kappa shape index (κ1) is 19.3. The highest BCUT2D eigenvalue weighted by atomic mass is 16.5. The second-order valence-electron chi connectivity index (χ2n) is 7.25. The maximum atomic E-state index is 5.97. The van der Waals surface area contributed by atoms with Crippen LogP contribution in [0.15, 0.2) is 66.7 Å². The summed E-state index contributed by atoms with van der Waals surface area (Å²) in [4.78, 5) is 12.6. The van der Waals surface area contributed by atoms with Crippen LogP contribution in [0.2, 0.25) is 0 Å². The molecule has 5 rings (SSSR count). The van der Waals surface area contributed by atoms with E-state index >= 15 is 0 Å². The van der Waals surface area contributed by atoms with Crippen molar-refractivity contribution >= 4 is 34.2 Å². The van der Waals surface area contributed by atoms with E-state index in [2.05, 4.69) is 30.5 Å². The topological polar surface area (TPSA) is 141 Å². The summed E-state index contributed by atoms with van der Waals surface area (Å²) >= 11 is 0. The first-order chi connectivity index (χ1) is 15.5. The summed E-state index contributed by atoms with van der Waals surface area (Å²) in [6, 6.07) is 21.2. The summed E-state index contributed by atoms with van der Waals surface area (Å²) in [5.41, 5.74) is 14.4. The molecule has 0 fully saturated rings. The third kappa shape index (κ3) is 3.86. The van der Waals surface area contributed by atoms with Gasteiger partial charge >= 0.3 is 0 Å². The molecule has 0 aliphatic heterocycles. The molecule has 2 aromatic heterocycles. The number of aromatic nitrogens is 5. The normalized spacial score (nSPS) is 10.9. The lowest BCUT2D eigenvalue weighted by Crippen LogP contribution is -2.01. The van der Waals surface area contributed by atoms with Gasteiger partial charge in [0.2, 0.25) is 17.8 Å². The Balaban J connectivity index is 1.49. The van der Waals surface area contributed by atoms with Gasteiger partial charge in [-0.3, -0.25) is 5.10 Å². The number of aryl methyl sites for hydroxylation is 1. The number of fused-ring (bicyclic) bond motifs is 1. The molecule has 158 valence electrons. The summed E-state index contributed by atoms with van der Waals surface area (Å²) in [7, 11) is 0. The van der Waals surface area contributed by atoms with Crippen molar-refractivity contribution in [1.29, 1.82) is 0 Å². The van der Waals surface area contributed by atoms with Gasteiger partial charge in [-0.15, -0.1) is 5.10 Å². The molecule has 0 aliphatic rings. The van der Waals surface area contributed by atoms with Gasteiger partial charge in [0, 0.05) is 22.7 Å². The lowest BCUT2D eigenvalue weighted by Gasteiger charge is -2.11. The molecular formula is C23H20N8O. The molecule has 5 aromatic rings. The van der Waals surface area contributed by atoms with Crippen molar-refractivity contribution in [3.05, 3.63) is 72.3 Å². The van der Waals surface area contributed by atoms with Crippen molar-refractivity contribution in [2.24, 2.45) is 0 Å². The van der Waals surface area contributed by atoms with Crippen LogP contribution in [0.1, 0.15) is 5.56 Å². The van der Waals surface area contributed by atoms with Gasteiger partial charge in [0.1, 0.15) is 11.6 Å². The van der Waals surface area contributed by atoms with Gasteiger partial charge in [-0.25, -0.2) is 0 Å². The Morgan fingerprint density at radius 2 is 1.72 bits per heavy atom. The maximum absolute atomic E-state index is 5.97. The van der Waals surface area contributed by atoms with Crippen LogP contribution in [0.4, 0.5) is 23.4 Å². The minimum atomic E-state index is 0.0521. The molecule has 9 nitrogen and oxygen atoms in total. The zero-order chi connectivity index (χ0) is 22.1. The van der Waals surface area contributed by atoms with Crippen LogP contribution in [0, 0.1) is 6.92 Å². The summed E-state index contributed by atoms with van der Waals surface area (Å²) in [6.45, 7) is 2.04. The maximum Gasteiger partial charge on any atom is 0.246 e. The first-order valence-electron chi connectivity index (χ1n) is 9.91. The third-order valence-corrected chi connectivity index (χ3v) is 4.85. The van der Waals surface area contributed by atoms with Gasteiger partial charge in [0.25, 0.3) is 0 Å². The first-order valence-corrected chi connectivity index (χ1v) is 9.91. The molecule has 0 unspecified atom stereocenters. The highest BCUT2D eigenvalue weighted by Crippen LogP contribution is 2.35. The third-order valence-electron chi connectivity index (χ3n) is 4.85. The summed E-state index contributed by atoms with van der Waals surface area (Å²) < 4.78 is 5.97. The van der Waals surface area contributed by atoms with E-state index in [9.17, 15) is 0 Å².